The van der Waals surface area contributed by atoms with E-state index in [0.717, 1.165) is 11.1 Å². The molecule has 0 bridgehead atoms. The molecule has 0 saturated carbocycles. The van der Waals surface area contributed by atoms with Gasteiger partial charge in [-0.1, -0.05) is 60.6 Å². The summed E-state index contributed by atoms with van der Waals surface area (Å²) in [6, 6.07) is 18.8. The molecule has 0 saturated heterocycles. The monoisotopic (exact) mass is 365 g/mol. The molecule has 0 unspecified atom stereocenters. The van der Waals surface area contributed by atoms with Crippen LogP contribution in [-0.2, 0) is 14.3 Å². The summed E-state index contributed by atoms with van der Waals surface area (Å²) in [7, 11) is 0. The second-order valence-electron chi connectivity index (χ2n) is 6.00. The molecule has 1 aromatic heterocycles. The maximum Gasteiger partial charge on any atom is 0.322 e. The summed E-state index contributed by atoms with van der Waals surface area (Å²) in [5.74, 6) is -0.693. The average molecular weight is 365 g/mol. The predicted octanol–water partition coefficient (Wildman–Crippen LogP) is 3.41. The van der Waals surface area contributed by atoms with Crippen LogP contribution in [0.5, 0.6) is 0 Å². The van der Waals surface area contributed by atoms with Gasteiger partial charge in [-0.05, 0) is 23.6 Å². The third-order valence-electron chi connectivity index (χ3n) is 3.90. The molecule has 0 radical (unpaired) electrons. The molecule has 0 aliphatic carbocycles. The number of ether oxygens (including phenoxy) is 1. The van der Waals surface area contributed by atoms with Crippen molar-refractivity contribution in [2.45, 2.75) is 19.3 Å². The van der Waals surface area contributed by atoms with E-state index in [9.17, 15) is 9.59 Å². The van der Waals surface area contributed by atoms with Crippen molar-refractivity contribution in [1.82, 2.24) is 10.2 Å². The second-order valence-corrected chi connectivity index (χ2v) is 6.00. The van der Waals surface area contributed by atoms with Gasteiger partial charge < -0.3 is 9.15 Å². The van der Waals surface area contributed by atoms with Gasteiger partial charge in [0.2, 0.25) is 5.89 Å². The number of rotatable bonds is 7. The van der Waals surface area contributed by atoms with Crippen LogP contribution in [0.2, 0.25) is 0 Å². The molecule has 3 rings (SSSR count). The number of anilines is 1. The molecule has 138 valence electrons. The summed E-state index contributed by atoms with van der Waals surface area (Å²) in [5.41, 5.74) is 1.78. The van der Waals surface area contributed by atoms with Crippen LogP contribution in [0.1, 0.15) is 24.8 Å². The highest BCUT2D eigenvalue weighted by Crippen LogP contribution is 2.20. The highest BCUT2D eigenvalue weighted by Gasteiger charge is 2.15. The van der Waals surface area contributed by atoms with Crippen LogP contribution >= 0.6 is 0 Å². The standard InChI is InChI=1S/C20H19N3O4/c1-14(15-8-4-2-5-9-15)12-18(25)26-13-17(24)21-20-23-22-19(27-20)16-10-6-3-7-11-16/h2-11,14H,12-13H2,1H3,(H,21,23,24)/t14-/m0/s1. The van der Waals surface area contributed by atoms with Crippen molar-refractivity contribution < 1.29 is 18.7 Å². The number of carbonyl (C=O) groups is 2. The summed E-state index contributed by atoms with van der Waals surface area (Å²) < 4.78 is 10.4. The number of hydrogen-bond acceptors (Lipinski definition) is 6. The fourth-order valence-corrected chi connectivity index (χ4v) is 2.48. The first-order chi connectivity index (χ1) is 13.1. The Labute approximate surface area is 156 Å². The molecule has 0 aliphatic rings. The number of nitrogens with one attached hydrogen (secondary N) is 1. The lowest BCUT2D eigenvalue weighted by molar-refractivity contribution is -0.147. The third-order valence-corrected chi connectivity index (χ3v) is 3.90. The summed E-state index contributed by atoms with van der Waals surface area (Å²) in [6.07, 6.45) is 0.190. The Morgan fingerprint density at radius 1 is 1.04 bits per heavy atom. The summed E-state index contributed by atoms with van der Waals surface area (Å²) >= 11 is 0. The molecule has 0 spiro atoms. The zero-order chi connectivity index (χ0) is 19.1. The van der Waals surface area contributed by atoms with E-state index < -0.39 is 18.5 Å². The third kappa shape index (κ3) is 5.24. The molecule has 7 nitrogen and oxygen atoms in total. The highest BCUT2D eigenvalue weighted by molar-refractivity contribution is 5.91. The van der Waals surface area contributed by atoms with Crippen LogP contribution in [0.3, 0.4) is 0 Å². The fourth-order valence-electron chi connectivity index (χ4n) is 2.48. The molecule has 7 heteroatoms. The van der Waals surface area contributed by atoms with Crippen molar-refractivity contribution in [3.05, 3.63) is 66.2 Å². The van der Waals surface area contributed by atoms with Gasteiger partial charge in [-0.2, -0.15) is 0 Å². The SMILES string of the molecule is C[C@@H](CC(=O)OCC(=O)Nc1nnc(-c2ccccc2)o1)c1ccccc1. The van der Waals surface area contributed by atoms with Crippen molar-refractivity contribution in [3.8, 4) is 11.5 Å². The van der Waals surface area contributed by atoms with Crippen LogP contribution in [0.4, 0.5) is 6.01 Å². The Morgan fingerprint density at radius 2 is 1.70 bits per heavy atom. The molecule has 2 aromatic carbocycles. The minimum absolute atomic E-state index is 0.00568. The Kier molecular flexibility index (Phi) is 5.94. The van der Waals surface area contributed by atoms with Gasteiger partial charge >= 0.3 is 12.0 Å². The number of amides is 1. The Bertz CT molecular complexity index is 894. The van der Waals surface area contributed by atoms with E-state index in [2.05, 4.69) is 15.5 Å². The molecule has 1 atom stereocenters. The molecule has 3 aromatic rings. The summed E-state index contributed by atoms with van der Waals surface area (Å²) in [6.45, 7) is 1.52. The van der Waals surface area contributed by atoms with E-state index in [1.165, 1.54) is 0 Å². The zero-order valence-electron chi connectivity index (χ0n) is 14.8. The summed E-state index contributed by atoms with van der Waals surface area (Å²) in [4.78, 5) is 23.8. The lowest BCUT2D eigenvalue weighted by Gasteiger charge is -2.11. The quantitative estimate of drug-likeness (QED) is 0.645. The molecular formula is C20H19N3O4. The van der Waals surface area contributed by atoms with Crippen molar-refractivity contribution in [2.75, 3.05) is 11.9 Å². The number of nitrogens with zero attached hydrogens (tertiary/aromatic N) is 2. The zero-order valence-corrected chi connectivity index (χ0v) is 14.8. The molecular weight excluding hydrogens is 346 g/mol. The number of carbonyl (C=O) groups excluding carboxylic acids is 2. The van der Waals surface area contributed by atoms with E-state index in [1.54, 1.807) is 0 Å². The first-order valence-corrected chi connectivity index (χ1v) is 8.51. The first kappa shape index (κ1) is 18.3. The van der Waals surface area contributed by atoms with E-state index >= 15 is 0 Å². The van der Waals surface area contributed by atoms with Crippen molar-refractivity contribution in [3.63, 3.8) is 0 Å². The molecule has 1 amide bonds. The van der Waals surface area contributed by atoms with Gasteiger partial charge in [0.05, 0.1) is 6.42 Å². The van der Waals surface area contributed by atoms with Crippen LogP contribution in [-0.4, -0.2) is 28.7 Å². The van der Waals surface area contributed by atoms with Crippen molar-refractivity contribution in [1.29, 1.82) is 0 Å². The van der Waals surface area contributed by atoms with Gasteiger partial charge in [0, 0.05) is 5.56 Å². The van der Waals surface area contributed by atoms with Crippen molar-refractivity contribution >= 4 is 17.9 Å². The number of esters is 1. The molecule has 1 heterocycles. The van der Waals surface area contributed by atoms with Gasteiger partial charge in [0.1, 0.15) is 0 Å². The van der Waals surface area contributed by atoms with Gasteiger partial charge in [-0.15, -0.1) is 5.10 Å². The number of aromatic nitrogens is 2. The maximum absolute atomic E-state index is 11.9. The Hall–Kier alpha value is -3.48. The van der Waals surface area contributed by atoms with E-state index in [-0.39, 0.29) is 18.4 Å². The van der Waals surface area contributed by atoms with Crippen LogP contribution in [0.25, 0.3) is 11.5 Å². The van der Waals surface area contributed by atoms with Crippen LogP contribution in [0, 0.1) is 0 Å². The van der Waals surface area contributed by atoms with Gasteiger partial charge in [0.25, 0.3) is 5.91 Å². The average Bonchev–Trinajstić information content (AvgIpc) is 3.16. The van der Waals surface area contributed by atoms with Gasteiger partial charge in [-0.3, -0.25) is 14.9 Å². The molecule has 0 fully saturated rings. The largest absolute Gasteiger partial charge is 0.456 e. The lowest BCUT2D eigenvalue weighted by atomic mass is 9.98. The fraction of sp³-hybridized carbons (Fsp3) is 0.200. The first-order valence-electron chi connectivity index (χ1n) is 8.51. The topological polar surface area (TPSA) is 94.3 Å². The van der Waals surface area contributed by atoms with Crippen molar-refractivity contribution in [2.24, 2.45) is 0 Å². The number of benzene rings is 2. The summed E-state index contributed by atoms with van der Waals surface area (Å²) in [5, 5.41) is 10.0. The van der Waals surface area contributed by atoms with E-state index in [0.29, 0.717) is 5.89 Å². The van der Waals surface area contributed by atoms with Crippen LogP contribution < -0.4 is 5.32 Å². The minimum Gasteiger partial charge on any atom is -0.456 e. The number of hydrogen-bond donors (Lipinski definition) is 1. The highest BCUT2D eigenvalue weighted by atomic mass is 16.5. The normalized spacial score (nSPS) is 11.6. The lowest BCUT2D eigenvalue weighted by Crippen LogP contribution is -2.21. The maximum atomic E-state index is 11.9. The molecule has 1 N–H and O–H groups in total. The Morgan fingerprint density at radius 3 is 2.41 bits per heavy atom. The van der Waals surface area contributed by atoms with Gasteiger partial charge in [-0.25, -0.2) is 0 Å². The second kappa shape index (κ2) is 8.75. The molecule has 27 heavy (non-hydrogen) atoms. The van der Waals surface area contributed by atoms with Crippen LogP contribution in [0.15, 0.2) is 65.1 Å². The van der Waals surface area contributed by atoms with E-state index in [1.807, 2.05) is 67.6 Å². The smallest absolute Gasteiger partial charge is 0.322 e. The minimum atomic E-state index is -0.543. The Balaban J connectivity index is 1.46. The predicted molar refractivity (Wildman–Crippen MR) is 98.8 cm³/mol. The molecule has 0 aliphatic heterocycles. The van der Waals surface area contributed by atoms with Gasteiger partial charge in [0.15, 0.2) is 6.61 Å². The van der Waals surface area contributed by atoms with E-state index in [4.69, 9.17) is 9.15 Å².